The number of hydrogen-bond donors (Lipinski definition) is 2. The molecular formula is C32H33N3O4S. The van der Waals surface area contributed by atoms with E-state index in [1.165, 1.54) is 12.1 Å². The molecule has 0 heterocycles. The fourth-order valence-corrected chi connectivity index (χ4v) is 5.92. The van der Waals surface area contributed by atoms with Gasteiger partial charge in [-0.1, -0.05) is 77.9 Å². The van der Waals surface area contributed by atoms with Crippen molar-refractivity contribution >= 4 is 33.2 Å². The highest BCUT2D eigenvalue weighted by Gasteiger charge is 2.29. The van der Waals surface area contributed by atoms with E-state index in [0.29, 0.717) is 11.4 Å². The third kappa shape index (κ3) is 6.58. The molecule has 0 saturated carbocycles. The molecule has 8 heteroatoms. The van der Waals surface area contributed by atoms with Crippen molar-refractivity contribution in [2.45, 2.75) is 38.6 Å². The van der Waals surface area contributed by atoms with E-state index < -0.39 is 22.5 Å². The van der Waals surface area contributed by atoms with Gasteiger partial charge in [-0.25, -0.2) is 8.42 Å². The lowest BCUT2D eigenvalue weighted by atomic mass is 10.1. The van der Waals surface area contributed by atoms with Crippen molar-refractivity contribution in [3.05, 3.63) is 125 Å². The number of rotatable bonds is 9. The number of hydrogen-bond acceptors (Lipinski definition) is 4. The number of benzene rings is 4. The van der Waals surface area contributed by atoms with Gasteiger partial charge in [-0.3, -0.25) is 13.9 Å². The molecule has 0 fully saturated rings. The van der Waals surface area contributed by atoms with Crippen LogP contribution >= 0.6 is 0 Å². The first-order valence-electron chi connectivity index (χ1n) is 13.0. The van der Waals surface area contributed by atoms with E-state index in [-0.39, 0.29) is 22.4 Å². The monoisotopic (exact) mass is 555 g/mol. The summed E-state index contributed by atoms with van der Waals surface area (Å²) in [6.07, 6.45) is 0. The van der Waals surface area contributed by atoms with Crippen LogP contribution in [0.15, 0.2) is 102 Å². The summed E-state index contributed by atoms with van der Waals surface area (Å²) in [6, 6.07) is 27.9. The normalized spacial score (nSPS) is 11.9. The number of anilines is 2. The first-order chi connectivity index (χ1) is 19.1. The Labute approximate surface area is 235 Å². The fourth-order valence-electron chi connectivity index (χ4n) is 4.43. The van der Waals surface area contributed by atoms with Crippen LogP contribution in [0.1, 0.15) is 45.6 Å². The van der Waals surface area contributed by atoms with Gasteiger partial charge < -0.3 is 10.6 Å². The SMILES string of the molecule is Cc1ccc(S(=O)(=O)N(CC(=O)Nc2ccccc2C(=O)N[C@H](C)c2ccccc2)c2ccc(C)cc2C)cc1. The molecule has 0 aliphatic rings. The Balaban J connectivity index is 1.60. The van der Waals surface area contributed by atoms with Gasteiger partial charge in [0.2, 0.25) is 5.91 Å². The van der Waals surface area contributed by atoms with Crippen molar-refractivity contribution in [1.82, 2.24) is 5.32 Å². The molecule has 0 aliphatic heterocycles. The van der Waals surface area contributed by atoms with Crippen molar-refractivity contribution < 1.29 is 18.0 Å². The molecule has 4 aromatic carbocycles. The first kappa shape index (κ1) is 28.6. The summed E-state index contributed by atoms with van der Waals surface area (Å²) in [5.74, 6) is -0.933. The Morgan fingerprint density at radius 1 is 0.800 bits per heavy atom. The molecule has 2 N–H and O–H groups in total. The highest BCUT2D eigenvalue weighted by molar-refractivity contribution is 7.92. The third-order valence-corrected chi connectivity index (χ3v) is 8.38. The number of nitrogens with zero attached hydrogens (tertiary/aromatic N) is 1. The molecule has 40 heavy (non-hydrogen) atoms. The largest absolute Gasteiger partial charge is 0.345 e. The standard InChI is InChI=1S/C32H33N3O4S/c1-22-14-17-27(18-15-22)40(38,39)35(30-19-16-23(2)20-24(30)3)21-31(36)34-29-13-9-8-12-28(29)32(37)33-25(4)26-10-6-5-7-11-26/h5-20,25H,21H2,1-4H3,(H,33,37)(H,34,36)/t25-/m1/s1. The van der Waals surface area contributed by atoms with E-state index in [0.717, 1.165) is 26.6 Å². The molecule has 206 valence electrons. The van der Waals surface area contributed by atoms with Crippen molar-refractivity contribution in [2.75, 3.05) is 16.2 Å². The number of nitrogens with one attached hydrogen (secondary N) is 2. The number of sulfonamides is 1. The molecule has 0 spiro atoms. The van der Waals surface area contributed by atoms with Gasteiger partial charge in [0.05, 0.1) is 27.9 Å². The van der Waals surface area contributed by atoms with Crippen molar-refractivity contribution in [2.24, 2.45) is 0 Å². The Bertz CT molecular complexity index is 1620. The van der Waals surface area contributed by atoms with Crippen LogP contribution in [0.3, 0.4) is 0 Å². The maximum atomic E-state index is 13.8. The molecule has 0 aliphatic carbocycles. The Kier molecular flexibility index (Phi) is 8.70. The quantitative estimate of drug-likeness (QED) is 0.267. The first-order valence-corrected chi connectivity index (χ1v) is 14.4. The van der Waals surface area contributed by atoms with Gasteiger partial charge in [-0.05, 0) is 69.2 Å². The van der Waals surface area contributed by atoms with Gasteiger partial charge in [-0.2, -0.15) is 0 Å². The second-order valence-corrected chi connectivity index (χ2v) is 11.7. The maximum Gasteiger partial charge on any atom is 0.264 e. The number of carbonyl (C=O) groups excluding carboxylic acids is 2. The summed E-state index contributed by atoms with van der Waals surface area (Å²) in [5, 5.41) is 5.72. The number of aryl methyl sites for hydroxylation is 3. The summed E-state index contributed by atoms with van der Waals surface area (Å²) in [4.78, 5) is 26.6. The minimum absolute atomic E-state index is 0.0838. The number of carbonyl (C=O) groups is 2. The molecule has 0 aromatic heterocycles. The van der Waals surface area contributed by atoms with Gasteiger partial charge in [0.1, 0.15) is 6.54 Å². The predicted octanol–water partition coefficient (Wildman–Crippen LogP) is 5.94. The van der Waals surface area contributed by atoms with Gasteiger partial charge in [-0.15, -0.1) is 0 Å². The van der Waals surface area contributed by atoms with Crippen LogP contribution < -0.4 is 14.9 Å². The molecule has 0 unspecified atom stereocenters. The topological polar surface area (TPSA) is 95.6 Å². The zero-order chi connectivity index (χ0) is 28.9. The van der Waals surface area contributed by atoms with Crippen LogP contribution in [0.25, 0.3) is 0 Å². The summed E-state index contributed by atoms with van der Waals surface area (Å²) in [7, 11) is -4.07. The van der Waals surface area contributed by atoms with Crippen molar-refractivity contribution in [3.63, 3.8) is 0 Å². The lowest BCUT2D eigenvalue weighted by Crippen LogP contribution is -2.39. The molecule has 0 bridgehead atoms. The van der Waals surface area contributed by atoms with Crippen LogP contribution in [-0.4, -0.2) is 26.8 Å². The number of para-hydroxylation sites is 1. The van der Waals surface area contributed by atoms with E-state index >= 15 is 0 Å². The fraction of sp³-hybridized carbons (Fsp3) is 0.188. The van der Waals surface area contributed by atoms with E-state index in [1.807, 2.05) is 70.2 Å². The molecule has 0 saturated heterocycles. The molecule has 4 aromatic rings. The van der Waals surface area contributed by atoms with Crippen molar-refractivity contribution in [1.29, 1.82) is 0 Å². The van der Waals surface area contributed by atoms with Gasteiger partial charge in [0.25, 0.3) is 15.9 Å². The molecule has 1 atom stereocenters. The molecule has 7 nitrogen and oxygen atoms in total. The average Bonchev–Trinajstić information content (AvgIpc) is 2.93. The lowest BCUT2D eigenvalue weighted by molar-refractivity contribution is -0.114. The molecule has 0 radical (unpaired) electrons. The van der Waals surface area contributed by atoms with E-state index in [2.05, 4.69) is 10.6 Å². The van der Waals surface area contributed by atoms with Crippen LogP contribution in [0.4, 0.5) is 11.4 Å². The molecule has 4 rings (SSSR count). The second kappa shape index (κ2) is 12.2. The number of amides is 2. The van der Waals surface area contributed by atoms with Crippen molar-refractivity contribution in [3.8, 4) is 0 Å². The zero-order valence-corrected chi connectivity index (χ0v) is 23.8. The minimum Gasteiger partial charge on any atom is -0.345 e. The van der Waals surface area contributed by atoms with Crippen LogP contribution in [-0.2, 0) is 14.8 Å². The summed E-state index contributed by atoms with van der Waals surface area (Å²) in [6.45, 7) is 7.01. The zero-order valence-electron chi connectivity index (χ0n) is 23.0. The maximum absolute atomic E-state index is 13.8. The Hall–Kier alpha value is -4.43. The van der Waals surface area contributed by atoms with E-state index in [1.54, 1.807) is 42.5 Å². The average molecular weight is 556 g/mol. The van der Waals surface area contributed by atoms with Crippen LogP contribution in [0.2, 0.25) is 0 Å². The van der Waals surface area contributed by atoms with Gasteiger partial charge in [0.15, 0.2) is 0 Å². The molecular weight excluding hydrogens is 522 g/mol. The van der Waals surface area contributed by atoms with E-state index in [4.69, 9.17) is 0 Å². The molecule has 2 amide bonds. The highest BCUT2D eigenvalue weighted by Crippen LogP contribution is 2.28. The van der Waals surface area contributed by atoms with Crippen LogP contribution in [0, 0.1) is 20.8 Å². The minimum atomic E-state index is -4.07. The Morgan fingerprint density at radius 2 is 1.43 bits per heavy atom. The summed E-state index contributed by atoms with van der Waals surface area (Å²) < 4.78 is 28.7. The Morgan fingerprint density at radius 3 is 2.10 bits per heavy atom. The van der Waals surface area contributed by atoms with Crippen LogP contribution in [0.5, 0.6) is 0 Å². The smallest absolute Gasteiger partial charge is 0.264 e. The predicted molar refractivity (Wildman–Crippen MR) is 159 cm³/mol. The third-order valence-electron chi connectivity index (χ3n) is 6.61. The second-order valence-electron chi connectivity index (χ2n) is 9.81. The van der Waals surface area contributed by atoms with Gasteiger partial charge in [0, 0.05) is 0 Å². The van der Waals surface area contributed by atoms with E-state index in [9.17, 15) is 18.0 Å². The summed E-state index contributed by atoms with van der Waals surface area (Å²) >= 11 is 0. The van der Waals surface area contributed by atoms with Gasteiger partial charge >= 0.3 is 0 Å². The lowest BCUT2D eigenvalue weighted by Gasteiger charge is -2.26. The summed E-state index contributed by atoms with van der Waals surface area (Å²) in [5.41, 5.74) is 4.54. The highest BCUT2D eigenvalue weighted by atomic mass is 32.2.